The highest BCUT2D eigenvalue weighted by Gasteiger charge is 2.23. The molecule has 1 rings (SSSR count). The number of hydrogen-bond donors (Lipinski definition) is 0. The van der Waals surface area contributed by atoms with Crippen molar-refractivity contribution in [2.75, 3.05) is 0 Å². The molecule has 0 heterocycles. The first kappa shape index (κ1) is 9.35. The molecule has 11 heavy (non-hydrogen) atoms. The van der Waals surface area contributed by atoms with Gasteiger partial charge in [0.1, 0.15) is 5.75 Å². The van der Waals surface area contributed by atoms with Crippen LogP contribution in [0.5, 0.6) is 5.75 Å². The molecular formula is C7H8ClIOSi. The van der Waals surface area contributed by atoms with Gasteiger partial charge in [-0.25, -0.2) is 0 Å². The van der Waals surface area contributed by atoms with E-state index in [0.29, 0.717) is 0 Å². The summed E-state index contributed by atoms with van der Waals surface area (Å²) < 4.78 is 5.49. The molecule has 0 radical (unpaired) electrons. The molecule has 0 bridgehead atoms. The molecule has 1 unspecified atom stereocenters. The van der Waals surface area contributed by atoms with Crippen LogP contribution in [0.1, 0.15) is 0 Å². The van der Waals surface area contributed by atoms with E-state index in [4.69, 9.17) is 15.5 Å². The Morgan fingerprint density at radius 3 is 2.36 bits per heavy atom. The van der Waals surface area contributed by atoms with Crippen LogP contribution in [0.25, 0.3) is 0 Å². The molecule has 0 aliphatic carbocycles. The summed E-state index contributed by atoms with van der Waals surface area (Å²) in [7, 11) is 0. The van der Waals surface area contributed by atoms with Crippen molar-refractivity contribution in [2.45, 2.75) is 6.55 Å². The fourth-order valence-electron chi connectivity index (χ4n) is 0.695. The second-order valence-corrected chi connectivity index (χ2v) is 14.3. The van der Waals surface area contributed by atoms with Crippen LogP contribution in [0.4, 0.5) is 0 Å². The van der Waals surface area contributed by atoms with Gasteiger partial charge < -0.3 is 4.43 Å². The first-order valence-corrected chi connectivity index (χ1v) is 9.73. The Kier molecular flexibility index (Phi) is 3.21. The Bertz CT molecular complexity index is 222. The molecule has 1 nitrogen and oxygen atoms in total. The molecule has 60 valence electrons. The minimum Gasteiger partial charge on any atom is -0.522 e. The predicted molar refractivity (Wildman–Crippen MR) is 58.6 cm³/mol. The Labute approximate surface area is 84.8 Å². The van der Waals surface area contributed by atoms with Gasteiger partial charge in [-0.05, 0) is 40.5 Å². The Hall–Kier alpha value is 0.257. The summed E-state index contributed by atoms with van der Waals surface area (Å²) in [5, 5.41) is -1.96. The summed E-state index contributed by atoms with van der Waals surface area (Å²) >= 11 is 8.13. The highest BCUT2D eigenvalue weighted by Crippen LogP contribution is 2.22. The molecule has 0 amide bonds. The lowest BCUT2D eigenvalue weighted by Gasteiger charge is -2.13. The van der Waals surface area contributed by atoms with Crippen molar-refractivity contribution in [3.63, 3.8) is 0 Å². The second kappa shape index (κ2) is 3.78. The van der Waals surface area contributed by atoms with Crippen molar-refractivity contribution >= 4 is 38.0 Å². The average molecular weight is 299 g/mol. The van der Waals surface area contributed by atoms with Crippen LogP contribution in [0.2, 0.25) is 6.55 Å². The Balaban J connectivity index is 2.66. The molecule has 1 atom stereocenters. The van der Waals surface area contributed by atoms with Crippen molar-refractivity contribution in [3.8, 4) is 5.75 Å². The standard InChI is InChI=1S/C7H8ClIOSi/c1-11(8,9)10-7-5-3-2-4-6-7/h2-6H,1H3. The quantitative estimate of drug-likeness (QED) is 0.462. The van der Waals surface area contributed by atoms with Crippen LogP contribution >= 0.6 is 32.9 Å². The third-order valence-corrected chi connectivity index (χ3v) is 2.53. The van der Waals surface area contributed by atoms with Gasteiger partial charge in [0.15, 0.2) is 0 Å². The molecular weight excluding hydrogens is 291 g/mol. The lowest BCUT2D eigenvalue weighted by Crippen LogP contribution is -2.22. The largest absolute Gasteiger partial charge is 0.522 e. The molecule has 0 fully saturated rings. The normalized spacial score (nSPS) is 15.5. The van der Waals surface area contributed by atoms with Gasteiger partial charge in [0, 0.05) is 0 Å². The molecule has 0 aromatic heterocycles. The molecule has 0 spiro atoms. The number of halogens is 2. The van der Waals surface area contributed by atoms with Crippen LogP contribution in [0.15, 0.2) is 30.3 Å². The van der Waals surface area contributed by atoms with Crippen LogP contribution in [-0.4, -0.2) is 5.12 Å². The number of hydrogen-bond acceptors (Lipinski definition) is 1. The van der Waals surface area contributed by atoms with Crippen molar-refractivity contribution in [2.24, 2.45) is 0 Å². The van der Waals surface area contributed by atoms with E-state index in [1.165, 1.54) is 0 Å². The summed E-state index contributed by atoms with van der Waals surface area (Å²) in [5.74, 6) is 0.853. The van der Waals surface area contributed by atoms with Gasteiger partial charge in [-0.1, -0.05) is 18.2 Å². The summed E-state index contributed by atoms with van der Waals surface area (Å²) in [5.41, 5.74) is 0. The molecule has 4 heteroatoms. The predicted octanol–water partition coefficient (Wildman–Crippen LogP) is 3.31. The zero-order valence-electron chi connectivity index (χ0n) is 6.05. The lowest BCUT2D eigenvalue weighted by atomic mass is 10.3. The highest BCUT2D eigenvalue weighted by molar-refractivity contribution is 14.1. The number of para-hydroxylation sites is 1. The molecule has 1 aromatic carbocycles. The number of rotatable bonds is 2. The first-order valence-electron chi connectivity index (χ1n) is 3.20. The van der Waals surface area contributed by atoms with E-state index < -0.39 is 5.12 Å². The maximum Gasteiger partial charge on any atom is 0.411 e. The minimum atomic E-state index is -1.96. The monoisotopic (exact) mass is 298 g/mol. The van der Waals surface area contributed by atoms with Crippen molar-refractivity contribution in [3.05, 3.63) is 30.3 Å². The third kappa shape index (κ3) is 3.98. The lowest BCUT2D eigenvalue weighted by molar-refractivity contribution is 0.590. The van der Waals surface area contributed by atoms with Crippen molar-refractivity contribution < 1.29 is 4.43 Å². The van der Waals surface area contributed by atoms with Crippen LogP contribution in [0.3, 0.4) is 0 Å². The fourth-order valence-corrected chi connectivity index (χ4v) is 2.28. The minimum absolute atomic E-state index is 0.853. The molecule has 0 aliphatic heterocycles. The fraction of sp³-hybridized carbons (Fsp3) is 0.143. The summed E-state index contributed by atoms with van der Waals surface area (Å²) in [6.07, 6.45) is 0. The van der Waals surface area contributed by atoms with Gasteiger partial charge >= 0.3 is 5.12 Å². The second-order valence-electron chi connectivity index (χ2n) is 2.22. The Morgan fingerprint density at radius 1 is 1.36 bits per heavy atom. The van der Waals surface area contributed by atoms with Crippen LogP contribution in [0, 0.1) is 0 Å². The van der Waals surface area contributed by atoms with E-state index in [1.54, 1.807) is 0 Å². The van der Waals surface area contributed by atoms with E-state index in [9.17, 15) is 0 Å². The van der Waals surface area contributed by atoms with E-state index >= 15 is 0 Å². The zero-order chi connectivity index (χ0) is 8.32. The SMILES string of the molecule is C[Si](Cl)(I)Oc1ccccc1. The van der Waals surface area contributed by atoms with Gasteiger partial charge in [0.05, 0.1) is 0 Å². The summed E-state index contributed by atoms with van der Waals surface area (Å²) in [6.45, 7) is 1.93. The average Bonchev–Trinajstić information content (AvgIpc) is 1.85. The first-order chi connectivity index (χ1) is 5.08. The summed E-state index contributed by atoms with van der Waals surface area (Å²) in [4.78, 5) is 0. The third-order valence-electron chi connectivity index (χ3n) is 1.04. The zero-order valence-corrected chi connectivity index (χ0v) is 9.96. The maximum atomic E-state index is 5.97. The Morgan fingerprint density at radius 2 is 1.91 bits per heavy atom. The molecule has 0 saturated carbocycles. The van der Waals surface area contributed by atoms with E-state index in [0.717, 1.165) is 5.75 Å². The van der Waals surface area contributed by atoms with E-state index in [1.807, 2.05) is 36.9 Å². The van der Waals surface area contributed by atoms with Gasteiger partial charge in [0.2, 0.25) is 0 Å². The maximum absolute atomic E-state index is 5.97. The van der Waals surface area contributed by atoms with E-state index in [2.05, 4.69) is 21.8 Å². The van der Waals surface area contributed by atoms with Gasteiger partial charge in [-0.2, -0.15) is 0 Å². The van der Waals surface area contributed by atoms with Crippen molar-refractivity contribution in [1.29, 1.82) is 0 Å². The van der Waals surface area contributed by atoms with Gasteiger partial charge in [0.25, 0.3) is 0 Å². The topological polar surface area (TPSA) is 9.23 Å². The smallest absolute Gasteiger partial charge is 0.411 e. The van der Waals surface area contributed by atoms with Crippen molar-refractivity contribution in [1.82, 2.24) is 0 Å². The molecule has 0 N–H and O–H groups in total. The van der Waals surface area contributed by atoms with Gasteiger partial charge in [-0.3, -0.25) is 0 Å². The van der Waals surface area contributed by atoms with Crippen LogP contribution in [-0.2, 0) is 0 Å². The van der Waals surface area contributed by atoms with Crippen LogP contribution < -0.4 is 4.43 Å². The van der Waals surface area contributed by atoms with Gasteiger partial charge in [-0.15, -0.1) is 11.1 Å². The van der Waals surface area contributed by atoms with E-state index in [-0.39, 0.29) is 0 Å². The highest BCUT2D eigenvalue weighted by atomic mass is 127. The molecule has 1 aromatic rings. The molecule has 0 saturated heterocycles. The summed E-state index contributed by atoms with van der Waals surface area (Å²) in [6, 6.07) is 9.64. The number of benzene rings is 1. The molecule has 0 aliphatic rings.